The van der Waals surface area contributed by atoms with Gasteiger partial charge in [-0.05, 0) is 37.2 Å². The average Bonchev–Trinajstić information content (AvgIpc) is 2.86. The zero-order valence-corrected chi connectivity index (χ0v) is 11.1. The van der Waals surface area contributed by atoms with Crippen molar-refractivity contribution < 1.29 is 0 Å². The molecule has 0 saturated carbocycles. The minimum Gasteiger partial charge on any atom is -0.315 e. The highest BCUT2D eigenvalue weighted by Crippen LogP contribution is 2.11. The molecule has 100 valence electrons. The van der Waals surface area contributed by atoms with Crippen LogP contribution in [-0.2, 0) is 6.54 Å². The first-order valence-corrected chi connectivity index (χ1v) is 6.92. The second-order valence-corrected chi connectivity index (χ2v) is 5.02. The summed E-state index contributed by atoms with van der Waals surface area (Å²) in [6.07, 6.45) is 6.84. The summed E-state index contributed by atoms with van der Waals surface area (Å²) in [7, 11) is 0. The van der Waals surface area contributed by atoms with Crippen molar-refractivity contribution in [2.24, 2.45) is 0 Å². The van der Waals surface area contributed by atoms with Crippen molar-refractivity contribution >= 4 is 0 Å². The van der Waals surface area contributed by atoms with Crippen LogP contribution in [0.5, 0.6) is 0 Å². The molecule has 0 unspecified atom stereocenters. The van der Waals surface area contributed by atoms with E-state index in [0.29, 0.717) is 0 Å². The van der Waals surface area contributed by atoms with Crippen LogP contribution in [0.25, 0.3) is 5.69 Å². The van der Waals surface area contributed by atoms with Crippen molar-refractivity contribution in [3.8, 4) is 5.69 Å². The van der Waals surface area contributed by atoms with E-state index in [9.17, 15) is 0 Å². The van der Waals surface area contributed by atoms with Gasteiger partial charge in [0.15, 0.2) is 0 Å². The van der Waals surface area contributed by atoms with Gasteiger partial charge in [0, 0.05) is 37.7 Å². The van der Waals surface area contributed by atoms with Gasteiger partial charge >= 0.3 is 0 Å². The Kier molecular flexibility index (Phi) is 3.91. The van der Waals surface area contributed by atoms with Crippen molar-refractivity contribution in [1.29, 1.82) is 0 Å². The van der Waals surface area contributed by atoms with E-state index < -0.39 is 0 Å². The molecule has 1 aromatic heterocycles. The van der Waals surface area contributed by atoms with Crippen molar-refractivity contribution in [1.82, 2.24) is 19.8 Å². The van der Waals surface area contributed by atoms with E-state index in [4.69, 9.17) is 0 Å². The van der Waals surface area contributed by atoms with Crippen molar-refractivity contribution in [2.75, 3.05) is 26.2 Å². The van der Waals surface area contributed by atoms with Gasteiger partial charge < -0.3 is 9.88 Å². The number of rotatable bonds is 3. The second kappa shape index (κ2) is 5.99. The number of imidazole rings is 1. The molecule has 1 aliphatic heterocycles. The van der Waals surface area contributed by atoms with E-state index >= 15 is 0 Å². The molecule has 2 heterocycles. The van der Waals surface area contributed by atoms with E-state index in [2.05, 4.69) is 39.5 Å². The highest BCUT2D eigenvalue weighted by Gasteiger charge is 2.08. The van der Waals surface area contributed by atoms with Crippen molar-refractivity contribution in [2.45, 2.75) is 13.0 Å². The van der Waals surface area contributed by atoms with Crippen molar-refractivity contribution in [3.63, 3.8) is 0 Å². The molecule has 0 bridgehead atoms. The molecule has 19 heavy (non-hydrogen) atoms. The van der Waals surface area contributed by atoms with Crippen LogP contribution in [-0.4, -0.2) is 40.6 Å². The molecule has 1 saturated heterocycles. The van der Waals surface area contributed by atoms with Gasteiger partial charge in [0.1, 0.15) is 0 Å². The average molecular weight is 256 g/mol. The Balaban J connectivity index is 1.65. The van der Waals surface area contributed by atoms with Crippen LogP contribution in [0.1, 0.15) is 12.0 Å². The standard InChI is InChI=1S/C15H20N4/c1-6-16-7-10-18(9-1)12-14-2-4-15(5-3-14)19-11-8-17-13-19/h2-5,8,11,13,16H,1,6-7,9-10,12H2. The van der Waals surface area contributed by atoms with Crippen LogP contribution >= 0.6 is 0 Å². The summed E-state index contributed by atoms with van der Waals surface area (Å²) in [6, 6.07) is 8.75. The molecule has 0 amide bonds. The summed E-state index contributed by atoms with van der Waals surface area (Å²) in [4.78, 5) is 6.59. The van der Waals surface area contributed by atoms with E-state index in [1.165, 1.54) is 24.2 Å². The van der Waals surface area contributed by atoms with E-state index in [1.54, 1.807) is 6.20 Å². The summed E-state index contributed by atoms with van der Waals surface area (Å²) in [6.45, 7) is 5.63. The number of benzene rings is 1. The van der Waals surface area contributed by atoms with E-state index in [-0.39, 0.29) is 0 Å². The summed E-state index contributed by atoms with van der Waals surface area (Å²) in [5.41, 5.74) is 2.55. The zero-order chi connectivity index (χ0) is 12.9. The van der Waals surface area contributed by atoms with E-state index in [0.717, 1.165) is 26.2 Å². The first-order chi connectivity index (χ1) is 9.42. The summed E-state index contributed by atoms with van der Waals surface area (Å²) in [5, 5.41) is 3.44. The minimum absolute atomic E-state index is 1.05. The lowest BCUT2D eigenvalue weighted by molar-refractivity contribution is 0.284. The number of nitrogens with zero attached hydrogens (tertiary/aromatic N) is 3. The number of nitrogens with one attached hydrogen (secondary N) is 1. The third-order valence-corrected chi connectivity index (χ3v) is 3.58. The lowest BCUT2D eigenvalue weighted by Crippen LogP contribution is -2.27. The SMILES string of the molecule is c1cn(-c2ccc(CN3CCCNCC3)cc2)cn1. The third-order valence-electron chi connectivity index (χ3n) is 3.58. The lowest BCUT2D eigenvalue weighted by atomic mass is 10.2. The fourth-order valence-electron chi connectivity index (χ4n) is 2.50. The zero-order valence-electron chi connectivity index (χ0n) is 11.1. The third kappa shape index (κ3) is 3.22. The summed E-state index contributed by atoms with van der Waals surface area (Å²) < 4.78 is 2.03. The van der Waals surface area contributed by atoms with Gasteiger partial charge in [0.2, 0.25) is 0 Å². The smallest absolute Gasteiger partial charge is 0.0991 e. The molecule has 4 heteroatoms. The van der Waals surface area contributed by atoms with Crippen LogP contribution in [0.3, 0.4) is 0 Å². The maximum atomic E-state index is 4.07. The largest absolute Gasteiger partial charge is 0.315 e. The first-order valence-electron chi connectivity index (χ1n) is 6.92. The summed E-state index contributed by atoms with van der Waals surface area (Å²) >= 11 is 0. The van der Waals surface area contributed by atoms with Gasteiger partial charge in [0.05, 0.1) is 6.33 Å². The monoisotopic (exact) mass is 256 g/mol. The molecule has 3 rings (SSSR count). The quantitative estimate of drug-likeness (QED) is 0.907. The molecule has 0 radical (unpaired) electrons. The van der Waals surface area contributed by atoms with Gasteiger partial charge in [0.25, 0.3) is 0 Å². The Morgan fingerprint density at radius 1 is 1.11 bits per heavy atom. The highest BCUT2D eigenvalue weighted by atomic mass is 15.1. The molecular weight excluding hydrogens is 236 g/mol. The Morgan fingerprint density at radius 3 is 2.79 bits per heavy atom. The van der Waals surface area contributed by atoms with Gasteiger partial charge in [-0.3, -0.25) is 4.90 Å². The normalized spacial score (nSPS) is 17.3. The maximum absolute atomic E-state index is 4.07. The number of hydrogen-bond donors (Lipinski definition) is 1. The first kappa shape index (κ1) is 12.4. The molecule has 1 aromatic carbocycles. The Morgan fingerprint density at radius 2 is 2.00 bits per heavy atom. The van der Waals surface area contributed by atoms with Crippen LogP contribution in [0.15, 0.2) is 43.0 Å². The molecule has 0 spiro atoms. The molecule has 1 fully saturated rings. The molecule has 1 N–H and O–H groups in total. The number of hydrogen-bond acceptors (Lipinski definition) is 3. The predicted octanol–water partition coefficient (Wildman–Crippen LogP) is 1.67. The Bertz CT molecular complexity index is 481. The maximum Gasteiger partial charge on any atom is 0.0991 e. The van der Waals surface area contributed by atoms with Crippen LogP contribution in [0, 0.1) is 0 Å². The second-order valence-electron chi connectivity index (χ2n) is 5.02. The van der Waals surface area contributed by atoms with Crippen molar-refractivity contribution in [3.05, 3.63) is 48.5 Å². The van der Waals surface area contributed by atoms with Gasteiger partial charge in [-0.1, -0.05) is 12.1 Å². The Labute approximate surface area is 114 Å². The molecular formula is C15H20N4. The fourth-order valence-corrected chi connectivity index (χ4v) is 2.50. The predicted molar refractivity (Wildman–Crippen MR) is 76.3 cm³/mol. The van der Waals surface area contributed by atoms with Crippen LogP contribution in [0.2, 0.25) is 0 Å². The molecule has 2 aromatic rings. The van der Waals surface area contributed by atoms with Crippen LogP contribution < -0.4 is 5.32 Å². The minimum atomic E-state index is 1.05. The highest BCUT2D eigenvalue weighted by molar-refractivity contribution is 5.34. The van der Waals surface area contributed by atoms with Crippen LogP contribution in [0.4, 0.5) is 0 Å². The van der Waals surface area contributed by atoms with Gasteiger partial charge in [-0.2, -0.15) is 0 Å². The molecule has 1 aliphatic rings. The Hall–Kier alpha value is -1.65. The molecule has 0 aliphatic carbocycles. The summed E-state index contributed by atoms with van der Waals surface area (Å²) in [5.74, 6) is 0. The molecule has 4 nitrogen and oxygen atoms in total. The lowest BCUT2D eigenvalue weighted by Gasteiger charge is -2.19. The topological polar surface area (TPSA) is 33.1 Å². The fraction of sp³-hybridized carbons (Fsp3) is 0.400. The van der Waals surface area contributed by atoms with Gasteiger partial charge in [-0.25, -0.2) is 4.98 Å². The molecule has 0 atom stereocenters. The van der Waals surface area contributed by atoms with Gasteiger partial charge in [-0.15, -0.1) is 0 Å². The van der Waals surface area contributed by atoms with E-state index in [1.807, 2.05) is 17.1 Å². The number of aromatic nitrogens is 2.